The Morgan fingerprint density at radius 1 is 1.38 bits per heavy atom. The molecule has 0 atom stereocenters. The van der Waals surface area contributed by atoms with E-state index in [-0.39, 0.29) is 21.3 Å². The second kappa shape index (κ2) is 6.46. The SMILES string of the molecule is CC1(C)CCN(S(=O)(=O)c2ccc(CO)c(Cl)c2)CCS1. The molecular formula is C14H20ClNO3S2. The van der Waals surface area contributed by atoms with Crippen molar-refractivity contribution in [3.63, 3.8) is 0 Å². The summed E-state index contributed by atoms with van der Waals surface area (Å²) in [5.41, 5.74) is 0.531. The summed E-state index contributed by atoms with van der Waals surface area (Å²) in [6.07, 6.45) is 0.819. The van der Waals surface area contributed by atoms with E-state index in [2.05, 4.69) is 13.8 Å². The Kier molecular flexibility index (Phi) is 5.26. The van der Waals surface area contributed by atoms with Crippen molar-refractivity contribution in [1.29, 1.82) is 0 Å². The quantitative estimate of drug-likeness (QED) is 0.911. The number of nitrogens with zero attached hydrogens (tertiary/aromatic N) is 1. The van der Waals surface area contributed by atoms with Crippen molar-refractivity contribution < 1.29 is 13.5 Å². The zero-order chi connectivity index (χ0) is 15.7. The zero-order valence-electron chi connectivity index (χ0n) is 12.2. The van der Waals surface area contributed by atoms with Crippen LogP contribution < -0.4 is 0 Å². The van der Waals surface area contributed by atoms with Gasteiger partial charge in [-0.05, 0) is 24.1 Å². The summed E-state index contributed by atoms with van der Waals surface area (Å²) in [6.45, 7) is 5.10. The van der Waals surface area contributed by atoms with E-state index in [1.807, 2.05) is 0 Å². The van der Waals surface area contributed by atoms with Gasteiger partial charge in [-0.25, -0.2) is 8.42 Å². The molecule has 2 rings (SSSR count). The Morgan fingerprint density at radius 3 is 2.71 bits per heavy atom. The number of sulfonamides is 1. The minimum absolute atomic E-state index is 0.0999. The molecule has 4 nitrogen and oxygen atoms in total. The van der Waals surface area contributed by atoms with Crippen LogP contribution in [0.3, 0.4) is 0 Å². The van der Waals surface area contributed by atoms with Crippen LogP contribution in [0.25, 0.3) is 0 Å². The van der Waals surface area contributed by atoms with E-state index in [4.69, 9.17) is 16.7 Å². The average Bonchev–Trinajstić information content (AvgIpc) is 2.60. The summed E-state index contributed by atoms with van der Waals surface area (Å²) in [5.74, 6) is 0.786. The molecule has 7 heteroatoms. The number of thioether (sulfide) groups is 1. The highest BCUT2D eigenvalue weighted by molar-refractivity contribution is 8.00. The highest BCUT2D eigenvalue weighted by Gasteiger charge is 2.31. The topological polar surface area (TPSA) is 57.6 Å². The smallest absolute Gasteiger partial charge is 0.243 e. The lowest BCUT2D eigenvalue weighted by Crippen LogP contribution is -2.33. The van der Waals surface area contributed by atoms with Crippen LogP contribution in [0.15, 0.2) is 23.1 Å². The molecule has 0 spiro atoms. The summed E-state index contributed by atoms with van der Waals surface area (Å²) in [5, 5.41) is 9.39. The Labute approximate surface area is 135 Å². The highest BCUT2D eigenvalue weighted by Crippen LogP contribution is 2.33. The molecule has 1 fully saturated rings. The van der Waals surface area contributed by atoms with Crippen LogP contribution in [-0.2, 0) is 16.6 Å². The summed E-state index contributed by atoms with van der Waals surface area (Å²) in [6, 6.07) is 4.49. The van der Waals surface area contributed by atoms with Crippen LogP contribution in [0.4, 0.5) is 0 Å². The lowest BCUT2D eigenvalue weighted by Gasteiger charge is -2.22. The summed E-state index contributed by atoms with van der Waals surface area (Å²) in [7, 11) is -3.53. The number of aliphatic hydroxyl groups excluding tert-OH is 1. The van der Waals surface area contributed by atoms with Gasteiger partial charge in [0.25, 0.3) is 0 Å². The van der Waals surface area contributed by atoms with E-state index in [9.17, 15) is 8.42 Å². The number of benzene rings is 1. The van der Waals surface area contributed by atoms with Crippen molar-refractivity contribution >= 4 is 33.4 Å². The number of halogens is 1. The van der Waals surface area contributed by atoms with Crippen LogP contribution in [0.2, 0.25) is 5.02 Å². The van der Waals surface area contributed by atoms with E-state index in [0.717, 1.165) is 12.2 Å². The fraction of sp³-hybridized carbons (Fsp3) is 0.571. The first-order valence-corrected chi connectivity index (χ1v) is 9.60. The normalized spacial score (nSPS) is 20.2. The number of hydrogen-bond donors (Lipinski definition) is 1. The van der Waals surface area contributed by atoms with Crippen molar-refractivity contribution in [2.75, 3.05) is 18.8 Å². The molecule has 118 valence electrons. The Morgan fingerprint density at radius 2 is 2.10 bits per heavy atom. The van der Waals surface area contributed by atoms with E-state index >= 15 is 0 Å². The molecule has 1 aliphatic rings. The summed E-state index contributed by atoms with van der Waals surface area (Å²) in [4.78, 5) is 0.189. The average molecular weight is 350 g/mol. The number of aliphatic hydroxyl groups is 1. The molecular weight excluding hydrogens is 330 g/mol. The van der Waals surface area contributed by atoms with Crippen molar-refractivity contribution in [3.05, 3.63) is 28.8 Å². The van der Waals surface area contributed by atoms with Crippen LogP contribution in [0, 0.1) is 0 Å². The maximum Gasteiger partial charge on any atom is 0.243 e. The van der Waals surface area contributed by atoms with Gasteiger partial charge in [0.1, 0.15) is 0 Å². The molecule has 1 N–H and O–H groups in total. The van der Waals surface area contributed by atoms with Gasteiger partial charge in [0, 0.05) is 28.6 Å². The maximum absolute atomic E-state index is 12.7. The molecule has 21 heavy (non-hydrogen) atoms. The van der Waals surface area contributed by atoms with E-state index in [0.29, 0.717) is 18.7 Å². The molecule has 0 saturated carbocycles. The maximum atomic E-state index is 12.7. The van der Waals surface area contributed by atoms with Crippen molar-refractivity contribution in [2.45, 2.75) is 36.5 Å². The Bertz CT molecular complexity index is 617. The molecule has 0 aromatic heterocycles. The molecule has 0 unspecified atom stereocenters. The third kappa shape index (κ3) is 3.93. The van der Waals surface area contributed by atoms with Gasteiger partial charge < -0.3 is 5.11 Å². The standard InChI is InChI=1S/C14H20ClNO3S2/c1-14(2)5-6-16(7-8-20-14)21(18,19)12-4-3-11(10-17)13(15)9-12/h3-4,9,17H,5-8,10H2,1-2H3. The van der Waals surface area contributed by atoms with Gasteiger partial charge in [-0.2, -0.15) is 16.1 Å². The van der Waals surface area contributed by atoms with Gasteiger partial charge in [-0.15, -0.1) is 0 Å². The first-order chi connectivity index (χ1) is 9.76. The zero-order valence-corrected chi connectivity index (χ0v) is 14.6. The van der Waals surface area contributed by atoms with Gasteiger partial charge in [-0.3, -0.25) is 0 Å². The molecule has 0 amide bonds. The van der Waals surface area contributed by atoms with Gasteiger partial charge in [-0.1, -0.05) is 31.5 Å². The van der Waals surface area contributed by atoms with Crippen LogP contribution in [-0.4, -0.2) is 41.4 Å². The van der Waals surface area contributed by atoms with Gasteiger partial charge >= 0.3 is 0 Å². The first-order valence-electron chi connectivity index (χ1n) is 6.80. The molecule has 1 saturated heterocycles. The summed E-state index contributed by atoms with van der Waals surface area (Å²) >= 11 is 7.81. The van der Waals surface area contributed by atoms with Crippen LogP contribution in [0.5, 0.6) is 0 Å². The predicted octanol–water partition coefficient (Wildman–Crippen LogP) is 2.74. The van der Waals surface area contributed by atoms with Gasteiger partial charge in [0.2, 0.25) is 10.0 Å². The fourth-order valence-corrected chi connectivity index (χ4v) is 5.20. The molecule has 0 aliphatic carbocycles. The predicted molar refractivity (Wildman–Crippen MR) is 87.3 cm³/mol. The molecule has 1 aromatic carbocycles. The van der Waals surface area contributed by atoms with Crippen molar-refractivity contribution in [1.82, 2.24) is 4.31 Å². The number of hydrogen-bond acceptors (Lipinski definition) is 4. The highest BCUT2D eigenvalue weighted by atomic mass is 35.5. The van der Waals surface area contributed by atoms with Gasteiger partial charge in [0.15, 0.2) is 0 Å². The van der Waals surface area contributed by atoms with Crippen molar-refractivity contribution in [3.8, 4) is 0 Å². The third-order valence-corrected chi connectivity index (χ3v) is 7.25. The first kappa shape index (κ1) is 17.1. The Balaban J connectivity index is 2.27. The molecule has 1 aliphatic heterocycles. The second-order valence-corrected chi connectivity index (χ2v) is 9.82. The van der Waals surface area contributed by atoms with E-state index in [1.165, 1.54) is 16.4 Å². The minimum Gasteiger partial charge on any atom is -0.392 e. The fourth-order valence-electron chi connectivity index (χ4n) is 2.21. The molecule has 1 aromatic rings. The molecule has 0 bridgehead atoms. The third-order valence-electron chi connectivity index (χ3n) is 3.63. The molecule has 0 radical (unpaired) electrons. The van der Waals surface area contributed by atoms with Crippen molar-refractivity contribution in [2.24, 2.45) is 0 Å². The van der Waals surface area contributed by atoms with Gasteiger partial charge in [0.05, 0.1) is 11.5 Å². The largest absolute Gasteiger partial charge is 0.392 e. The number of rotatable bonds is 3. The van der Waals surface area contributed by atoms with E-state index in [1.54, 1.807) is 17.8 Å². The minimum atomic E-state index is -3.53. The lowest BCUT2D eigenvalue weighted by atomic mass is 10.1. The summed E-state index contributed by atoms with van der Waals surface area (Å²) < 4.78 is 27.0. The van der Waals surface area contributed by atoms with Crippen LogP contribution in [0.1, 0.15) is 25.8 Å². The second-order valence-electron chi connectivity index (χ2n) is 5.67. The van der Waals surface area contributed by atoms with Crippen LogP contribution >= 0.6 is 23.4 Å². The molecule has 1 heterocycles. The lowest BCUT2D eigenvalue weighted by molar-refractivity contribution is 0.282. The monoisotopic (exact) mass is 349 g/mol. The Hall–Kier alpha value is -0.270. The van der Waals surface area contributed by atoms with E-state index < -0.39 is 10.0 Å².